The predicted molar refractivity (Wildman–Crippen MR) is 112 cm³/mol. The number of aryl methyl sites for hydroxylation is 3. The van der Waals surface area contributed by atoms with Crippen LogP contribution in [-0.4, -0.2) is 32.0 Å². The lowest BCUT2D eigenvalue weighted by atomic mass is 10.0. The lowest BCUT2D eigenvalue weighted by molar-refractivity contribution is -0.384. The molecule has 1 unspecified atom stereocenters. The largest absolute Gasteiger partial charge is 0.348 e. The van der Waals surface area contributed by atoms with E-state index in [1.54, 1.807) is 6.92 Å². The molecule has 8 nitrogen and oxygen atoms in total. The number of hydrogen-bond acceptors (Lipinski definition) is 5. The Morgan fingerprint density at radius 3 is 2.34 bits per heavy atom. The molecule has 1 amide bonds. The second-order valence-electron chi connectivity index (χ2n) is 7.15. The summed E-state index contributed by atoms with van der Waals surface area (Å²) in [7, 11) is -3.84. The molecule has 0 spiro atoms. The van der Waals surface area contributed by atoms with Gasteiger partial charge in [-0.25, -0.2) is 8.42 Å². The molecule has 0 bridgehead atoms. The summed E-state index contributed by atoms with van der Waals surface area (Å²) in [5.74, 6) is -0.506. The molecule has 0 saturated heterocycles. The van der Waals surface area contributed by atoms with Crippen molar-refractivity contribution < 1.29 is 18.1 Å². The molecule has 29 heavy (non-hydrogen) atoms. The van der Waals surface area contributed by atoms with Crippen LogP contribution < -0.4 is 9.62 Å². The number of non-ortho nitro benzene ring substituents is 1. The van der Waals surface area contributed by atoms with Crippen molar-refractivity contribution in [2.24, 2.45) is 0 Å². The van der Waals surface area contributed by atoms with Gasteiger partial charge in [-0.1, -0.05) is 29.8 Å². The molecular weight excluding hydrogens is 394 g/mol. The van der Waals surface area contributed by atoms with Crippen molar-refractivity contribution in [3.63, 3.8) is 0 Å². The average molecular weight is 420 g/mol. The normalized spacial score (nSPS) is 12.3. The molecule has 0 aliphatic rings. The van der Waals surface area contributed by atoms with E-state index in [0.29, 0.717) is 5.56 Å². The number of nitro benzene ring substituents is 1. The third kappa shape index (κ3) is 5.54. The standard InChI is InChI=1S/C20H25N3O5S/c1-13-6-9-18(15(3)10-13)16(4)21-20(24)12-22(29(5,27)28)19-11-17(23(25)26)8-7-14(19)2/h6-11,16H,12H2,1-5H3,(H,21,24). The number of benzene rings is 2. The van der Waals surface area contributed by atoms with Crippen molar-refractivity contribution >= 4 is 27.3 Å². The zero-order chi connectivity index (χ0) is 21.9. The second kappa shape index (κ2) is 8.60. The molecule has 0 aliphatic heterocycles. The van der Waals surface area contributed by atoms with Crippen LogP contribution in [0.2, 0.25) is 0 Å². The van der Waals surface area contributed by atoms with Crippen LogP contribution in [0.1, 0.15) is 35.2 Å². The highest BCUT2D eigenvalue weighted by Crippen LogP contribution is 2.27. The zero-order valence-corrected chi connectivity index (χ0v) is 17.9. The van der Waals surface area contributed by atoms with Gasteiger partial charge in [0.05, 0.1) is 22.9 Å². The van der Waals surface area contributed by atoms with Crippen LogP contribution in [0, 0.1) is 30.9 Å². The van der Waals surface area contributed by atoms with E-state index >= 15 is 0 Å². The molecule has 0 aromatic heterocycles. The first kappa shape index (κ1) is 22.4. The number of rotatable bonds is 7. The Hall–Kier alpha value is -2.94. The van der Waals surface area contributed by atoms with E-state index in [2.05, 4.69) is 5.32 Å². The van der Waals surface area contributed by atoms with E-state index in [4.69, 9.17) is 0 Å². The van der Waals surface area contributed by atoms with Crippen LogP contribution in [0.15, 0.2) is 36.4 Å². The van der Waals surface area contributed by atoms with Crippen molar-refractivity contribution in [3.8, 4) is 0 Å². The molecule has 156 valence electrons. The van der Waals surface area contributed by atoms with Gasteiger partial charge in [-0.05, 0) is 44.4 Å². The quantitative estimate of drug-likeness (QED) is 0.548. The first-order valence-electron chi connectivity index (χ1n) is 8.99. The van der Waals surface area contributed by atoms with Crippen LogP contribution >= 0.6 is 0 Å². The molecule has 0 saturated carbocycles. The Morgan fingerprint density at radius 1 is 1.14 bits per heavy atom. The molecule has 0 aliphatic carbocycles. The summed E-state index contributed by atoms with van der Waals surface area (Å²) in [6.07, 6.45) is 0.964. The van der Waals surface area contributed by atoms with E-state index in [1.807, 2.05) is 39.0 Å². The molecule has 2 rings (SSSR count). The van der Waals surface area contributed by atoms with Gasteiger partial charge < -0.3 is 5.32 Å². The Bertz CT molecular complexity index is 1050. The lowest BCUT2D eigenvalue weighted by Gasteiger charge is -2.25. The molecule has 2 aromatic carbocycles. The Balaban J connectivity index is 2.28. The van der Waals surface area contributed by atoms with E-state index in [0.717, 1.165) is 33.3 Å². The highest BCUT2D eigenvalue weighted by atomic mass is 32.2. The fourth-order valence-electron chi connectivity index (χ4n) is 3.17. The van der Waals surface area contributed by atoms with Crippen LogP contribution in [-0.2, 0) is 14.8 Å². The smallest absolute Gasteiger partial charge is 0.271 e. The fraction of sp³-hybridized carbons (Fsp3) is 0.350. The van der Waals surface area contributed by atoms with Gasteiger partial charge in [0.15, 0.2) is 0 Å². The Labute approximate surface area is 170 Å². The van der Waals surface area contributed by atoms with Crippen LogP contribution in [0.5, 0.6) is 0 Å². The van der Waals surface area contributed by atoms with E-state index in [1.165, 1.54) is 12.1 Å². The molecule has 0 fully saturated rings. The molecule has 0 heterocycles. The topological polar surface area (TPSA) is 110 Å². The van der Waals surface area contributed by atoms with Gasteiger partial charge in [0.25, 0.3) is 5.69 Å². The molecule has 2 aromatic rings. The number of sulfonamides is 1. The van der Waals surface area contributed by atoms with Gasteiger partial charge in [0, 0.05) is 12.1 Å². The maximum Gasteiger partial charge on any atom is 0.271 e. The van der Waals surface area contributed by atoms with Crippen molar-refractivity contribution in [1.29, 1.82) is 0 Å². The summed E-state index contributed by atoms with van der Waals surface area (Å²) in [6.45, 7) is 6.90. The van der Waals surface area contributed by atoms with Crippen molar-refractivity contribution in [2.45, 2.75) is 33.7 Å². The monoisotopic (exact) mass is 419 g/mol. The van der Waals surface area contributed by atoms with Gasteiger partial charge >= 0.3 is 0 Å². The predicted octanol–water partition coefficient (Wildman–Crippen LogP) is 3.16. The minimum atomic E-state index is -3.84. The molecule has 0 radical (unpaired) electrons. The number of nitro groups is 1. The van der Waals surface area contributed by atoms with Crippen molar-refractivity contribution in [2.75, 3.05) is 17.1 Å². The SMILES string of the molecule is Cc1ccc(C(C)NC(=O)CN(c2cc([N+](=O)[O-])ccc2C)S(C)(=O)=O)c(C)c1. The number of carbonyl (C=O) groups excluding carboxylic acids is 1. The minimum Gasteiger partial charge on any atom is -0.348 e. The third-order valence-corrected chi connectivity index (χ3v) is 5.76. The molecule has 9 heteroatoms. The number of anilines is 1. The Kier molecular flexibility index (Phi) is 6.63. The summed E-state index contributed by atoms with van der Waals surface area (Å²) in [5, 5.41) is 13.9. The summed E-state index contributed by atoms with van der Waals surface area (Å²) >= 11 is 0. The highest BCUT2D eigenvalue weighted by molar-refractivity contribution is 7.92. The maximum absolute atomic E-state index is 12.6. The average Bonchev–Trinajstić information content (AvgIpc) is 2.59. The van der Waals surface area contributed by atoms with Gasteiger partial charge in [-0.15, -0.1) is 0 Å². The van der Waals surface area contributed by atoms with Crippen molar-refractivity contribution in [3.05, 3.63) is 68.8 Å². The minimum absolute atomic E-state index is 0.107. The van der Waals surface area contributed by atoms with E-state index < -0.39 is 27.4 Å². The van der Waals surface area contributed by atoms with E-state index in [-0.39, 0.29) is 17.4 Å². The molecule has 1 N–H and O–H groups in total. The summed E-state index contributed by atoms with van der Waals surface area (Å²) in [5.41, 5.74) is 3.43. The van der Waals surface area contributed by atoms with Crippen molar-refractivity contribution in [1.82, 2.24) is 5.32 Å². The summed E-state index contributed by atoms with van der Waals surface area (Å²) in [6, 6.07) is 9.47. The number of nitrogens with one attached hydrogen (secondary N) is 1. The maximum atomic E-state index is 12.6. The zero-order valence-electron chi connectivity index (χ0n) is 17.1. The van der Waals surface area contributed by atoms with Crippen LogP contribution in [0.3, 0.4) is 0 Å². The Morgan fingerprint density at radius 2 is 1.79 bits per heavy atom. The highest BCUT2D eigenvalue weighted by Gasteiger charge is 2.25. The second-order valence-corrected chi connectivity index (χ2v) is 9.05. The first-order valence-corrected chi connectivity index (χ1v) is 10.8. The fourth-order valence-corrected chi connectivity index (χ4v) is 4.07. The third-order valence-electron chi connectivity index (χ3n) is 4.63. The van der Waals surface area contributed by atoms with Gasteiger partial charge in [0.1, 0.15) is 6.54 Å². The van der Waals surface area contributed by atoms with Crippen LogP contribution in [0.25, 0.3) is 0 Å². The molecule has 1 atom stereocenters. The van der Waals surface area contributed by atoms with Crippen LogP contribution in [0.4, 0.5) is 11.4 Å². The lowest BCUT2D eigenvalue weighted by Crippen LogP contribution is -2.41. The number of amides is 1. The summed E-state index contributed by atoms with van der Waals surface area (Å²) in [4.78, 5) is 23.1. The summed E-state index contributed by atoms with van der Waals surface area (Å²) < 4.78 is 25.5. The van der Waals surface area contributed by atoms with Gasteiger partial charge in [0.2, 0.25) is 15.9 Å². The number of nitrogens with zero attached hydrogens (tertiary/aromatic N) is 2. The number of carbonyl (C=O) groups is 1. The van der Waals surface area contributed by atoms with Gasteiger partial charge in [-0.2, -0.15) is 0 Å². The van der Waals surface area contributed by atoms with E-state index in [9.17, 15) is 23.3 Å². The first-order chi connectivity index (χ1) is 13.4. The molecular formula is C20H25N3O5S. The van der Waals surface area contributed by atoms with Gasteiger partial charge in [-0.3, -0.25) is 19.2 Å². The number of hydrogen-bond donors (Lipinski definition) is 1.